The summed E-state index contributed by atoms with van der Waals surface area (Å²) in [7, 11) is 0. The molecule has 0 bridgehead atoms. The number of thiophene rings is 1. The molecule has 1 aliphatic heterocycles. The standard InChI is InChI=1S/C30H37NO2S/c32-25-16-17-26-27(21-25)34-30(24-10-4-1-2-5-11-24)28(26)29(33)23-14-12-22(13-15-23)9-8-20-31-18-6-3-7-19-31/h12-17,21,24,32H,1-11,18-20H2. The van der Waals surface area contributed by atoms with Crippen LogP contribution in [-0.4, -0.2) is 35.4 Å². The van der Waals surface area contributed by atoms with E-state index in [4.69, 9.17) is 0 Å². The van der Waals surface area contributed by atoms with E-state index < -0.39 is 0 Å². The number of carbonyl (C=O) groups excluding carboxylic acids is 1. The van der Waals surface area contributed by atoms with E-state index >= 15 is 0 Å². The minimum Gasteiger partial charge on any atom is -0.508 e. The molecule has 1 aromatic heterocycles. The first kappa shape index (κ1) is 23.6. The molecule has 3 aromatic rings. The Kier molecular flexibility index (Phi) is 7.66. The highest BCUT2D eigenvalue weighted by Gasteiger charge is 2.26. The summed E-state index contributed by atoms with van der Waals surface area (Å²) in [5, 5.41) is 11.0. The monoisotopic (exact) mass is 475 g/mol. The molecule has 2 aromatic carbocycles. The third-order valence-corrected chi connectivity index (χ3v) is 9.07. The van der Waals surface area contributed by atoms with E-state index in [0.29, 0.717) is 5.92 Å². The molecule has 1 saturated carbocycles. The fraction of sp³-hybridized carbons (Fsp3) is 0.500. The average Bonchev–Trinajstić information content (AvgIpc) is 3.03. The van der Waals surface area contributed by atoms with Crippen LogP contribution in [0.15, 0.2) is 42.5 Å². The number of aromatic hydroxyl groups is 1. The first-order chi connectivity index (χ1) is 16.7. The smallest absolute Gasteiger partial charge is 0.194 e. The summed E-state index contributed by atoms with van der Waals surface area (Å²) in [5.41, 5.74) is 2.98. The summed E-state index contributed by atoms with van der Waals surface area (Å²) >= 11 is 1.72. The van der Waals surface area contributed by atoms with Gasteiger partial charge in [0.2, 0.25) is 0 Å². The second kappa shape index (κ2) is 11.0. The molecule has 180 valence electrons. The first-order valence-electron chi connectivity index (χ1n) is 13.3. The number of ketones is 1. The van der Waals surface area contributed by atoms with Crippen molar-refractivity contribution < 1.29 is 9.90 Å². The Bertz CT molecular complexity index is 1100. The normalized spacial score (nSPS) is 18.2. The van der Waals surface area contributed by atoms with Gasteiger partial charge in [-0.15, -0.1) is 11.3 Å². The number of likely N-dealkylation sites (tertiary alicyclic amines) is 1. The van der Waals surface area contributed by atoms with Crippen molar-refractivity contribution in [2.45, 2.75) is 76.5 Å². The van der Waals surface area contributed by atoms with Gasteiger partial charge in [0, 0.05) is 26.1 Å². The van der Waals surface area contributed by atoms with Gasteiger partial charge in [-0.05, 0) is 87.8 Å². The van der Waals surface area contributed by atoms with Crippen LogP contribution in [-0.2, 0) is 6.42 Å². The predicted molar refractivity (Wildman–Crippen MR) is 142 cm³/mol. The number of hydrogen-bond acceptors (Lipinski definition) is 4. The summed E-state index contributed by atoms with van der Waals surface area (Å²) in [4.78, 5) is 17.7. The van der Waals surface area contributed by atoms with Gasteiger partial charge >= 0.3 is 0 Å². The molecule has 0 unspecified atom stereocenters. The summed E-state index contributed by atoms with van der Waals surface area (Å²) < 4.78 is 1.02. The Hall–Kier alpha value is -2.17. The quantitative estimate of drug-likeness (QED) is 0.281. The largest absolute Gasteiger partial charge is 0.508 e. The maximum Gasteiger partial charge on any atom is 0.194 e. The third kappa shape index (κ3) is 5.39. The van der Waals surface area contributed by atoms with Crippen molar-refractivity contribution in [3.8, 4) is 5.75 Å². The molecule has 0 spiro atoms. The number of carbonyl (C=O) groups is 1. The zero-order valence-corrected chi connectivity index (χ0v) is 21.0. The van der Waals surface area contributed by atoms with Gasteiger partial charge in [0.1, 0.15) is 5.75 Å². The zero-order chi connectivity index (χ0) is 23.3. The number of phenols is 1. The Morgan fingerprint density at radius 3 is 2.35 bits per heavy atom. The lowest BCUT2D eigenvalue weighted by molar-refractivity contribution is 0.103. The van der Waals surface area contributed by atoms with Gasteiger partial charge in [0.05, 0.1) is 0 Å². The molecule has 2 heterocycles. The van der Waals surface area contributed by atoms with Gasteiger partial charge in [-0.2, -0.15) is 0 Å². The van der Waals surface area contributed by atoms with E-state index in [-0.39, 0.29) is 11.5 Å². The highest BCUT2D eigenvalue weighted by atomic mass is 32.1. The molecule has 4 heteroatoms. The number of benzene rings is 2. The topological polar surface area (TPSA) is 40.5 Å². The second-order valence-corrected chi connectivity index (χ2v) is 11.3. The van der Waals surface area contributed by atoms with Crippen LogP contribution in [0.1, 0.15) is 96.5 Å². The van der Waals surface area contributed by atoms with Gasteiger partial charge in [-0.1, -0.05) is 56.4 Å². The van der Waals surface area contributed by atoms with Crippen LogP contribution < -0.4 is 0 Å². The average molecular weight is 476 g/mol. The first-order valence-corrected chi connectivity index (χ1v) is 14.1. The van der Waals surface area contributed by atoms with E-state index in [1.807, 2.05) is 24.3 Å². The number of nitrogens with zero attached hydrogens (tertiary/aromatic N) is 1. The minimum atomic E-state index is 0.135. The fourth-order valence-electron chi connectivity index (χ4n) is 5.82. The number of aryl methyl sites for hydroxylation is 1. The molecule has 1 saturated heterocycles. The molecule has 1 N–H and O–H groups in total. The molecular formula is C30H37NO2S. The third-order valence-electron chi connectivity index (χ3n) is 7.76. The van der Waals surface area contributed by atoms with Crippen LogP contribution in [0.2, 0.25) is 0 Å². The predicted octanol–water partition coefficient (Wildman–Crippen LogP) is 7.69. The summed E-state index contributed by atoms with van der Waals surface area (Å²) in [5.74, 6) is 0.861. The van der Waals surface area contributed by atoms with Gasteiger partial charge in [0.15, 0.2) is 5.78 Å². The number of rotatable bonds is 7. The van der Waals surface area contributed by atoms with Crippen LogP contribution in [0.5, 0.6) is 5.75 Å². The number of fused-ring (bicyclic) bond motifs is 1. The molecule has 0 atom stereocenters. The van der Waals surface area contributed by atoms with E-state index in [9.17, 15) is 9.90 Å². The summed E-state index contributed by atoms with van der Waals surface area (Å²) in [6.07, 6.45) is 13.7. The molecule has 2 fully saturated rings. The van der Waals surface area contributed by atoms with Crippen LogP contribution in [0.4, 0.5) is 0 Å². The fourth-order valence-corrected chi connectivity index (χ4v) is 7.23. The van der Waals surface area contributed by atoms with E-state index in [1.165, 1.54) is 81.4 Å². The number of phenolic OH excluding ortho intramolecular Hbond substituents is 1. The maximum absolute atomic E-state index is 13.8. The van der Waals surface area contributed by atoms with Gasteiger partial charge < -0.3 is 10.0 Å². The molecular weight excluding hydrogens is 438 g/mol. The van der Waals surface area contributed by atoms with Crippen LogP contribution in [0.25, 0.3) is 10.1 Å². The summed E-state index contributed by atoms with van der Waals surface area (Å²) in [6.45, 7) is 3.69. The van der Waals surface area contributed by atoms with Crippen LogP contribution in [0.3, 0.4) is 0 Å². The number of piperidine rings is 1. The van der Waals surface area contributed by atoms with Crippen LogP contribution >= 0.6 is 11.3 Å². The number of hydrogen-bond donors (Lipinski definition) is 1. The second-order valence-electron chi connectivity index (χ2n) is 10.2. The molecule has 2 aliphatic rings. The summed E-state index contributed by atoms with van der Waals surface area (Å²) in [6, 6.07) is 13.8. The maximum atomic E-state index is 13.8. The van der Waals surface area contributed by atoms with E-state index in [1.54, 1.807) is 17.4 Å². The molecule has 3 nitrogen and oxygen atoms in total. The van der Waals surface area contributed by atoms with Gasteiger partial charge in [-0.25, -0.2) is 0 Å². The molecule has 1 aliphatic carbocycles. The lowest BCUT2D eigenvalue weighted by Gasteiger charge is -2.26. The van der Waals surface area contributed by atoms with Crippen molar-refractivity contribution in [3.63, 3.8) is 0 Å². The van der Waals surface area contributed by atoms with Crippen LogP contribution in [0, 0.1) is 0 Å². The van der Waals surface area contributed by atoms with Crippen molar-refractivity contribution in [2.75, 3.05) is 19.6 Å². The molecule has 34 heavy (non-hydrogen) atoms. The van der Waals surface area contributed by atoms with Gasteiger partial charge in [0.25, 0.3) is 0 Å². The van der Waals surface area contributed by atoms with Crippen molar-refractivity contribution in [1.29, 1.82) is 0 Å². The van der Waals surface area contributed by atoms with Crippen molar-refractivity contribution in [1.82, 2.24) is 4.90 Å². The molecule has 5 rings (SSSR count). The Labute approximate surface area is 207 Å². The van der Waals surface area contributed by atoms with Gasteiger partial charge in [-0.3, -0.25) is 4.79 Å². The zero-order valence-electron chi connectivity index (χ0n) is 20.2. The van der Waals surface area contributed by atoms with Crippen molar-refractivity contribution in [2.24, 2.45) is 0 Å². The SMILES string of the molecule is O=C(c1ccc(CCCN2CCCCC2)cc1)c1c(C2CCCCCC2)sc2cc(O)ccc12. The Morgan fingerprint density at radius 1 is 0.912 bits per heavy atom. The lowest BCUT2D eigenvalue weighted by atomic mass is 9.91. The molecule has 0 radical (unpaired) electrons. The highest BCUT2D eigenvalue weighted by molar-refractivity contribution is 7.19. The van der Waals surface area contributed by atoms with E-state index in [2.05, 4.69) is 17.0 Å². The Balaban J connectivity index is 1.35. The minimum absolute atomic E-state index is 0.135. The van der Waals surface area contributed by atoms with Crippen molar-refractivity contribution in [3.05, 3.63) is 64.0 Å². The highest BCUT2D eigenvalue weighted by Crippen LogP contribution is 2.43. The van der Waals surface area contributed by atoms with Crippen molar-refractivity contribution >= 4 is 27.2 Å². The lowest BCUT2D eigenvalue weighted by Crippen LogP contribution is -2.30. The van der Waals surface area contributed by atoms with E-state index in [0.717, 1.165) is 40.5 Å². The molecule has 0 amide bonds. The Morgan fingerprint density at radius 2 is 1.62 bits per heavy atom.